The van der Waals surface area contributed by atoms with Gasteiger partial charge in [-0.05, 0) is 24.3 Å². The Hall–Kier alpha value is -1.35. The van der Waals surface area contributed by atoms with E-state index in [0.717, 1.165) is 12.0 Å². The van der Waals surface area contributed by atoms with Crippen LogP contribution < -0.4 is 0 Å². The molecule has 92 valence electrons. The quantitative estimate of drug-likeness (QED) is 0.840. The van der Waals surface area contributed by atoms with Gasteiger partial charge in [-0.15, -0.1) is 0 Å². The van der Waals surface area contributed by atoms with Crippen LogP contribution in [0.25, 0.3) is 0 Å². The summed E-state index contributed by atoms with van der Waals surface area (Å²) in [6.45, 7) is 1.75. The van der Waals surface area contributed by atoms with Crippen molar-refractivity contribution in [3.63, 3.8) is 0 Å². The topological polar surface area (TPSA) is 57.5 Å². The van der Waals surface area contributed by atoms with Gasteiger partial charge in [0.25, 0.3) is 0 Å². The van der Waals surface area contributed by atoms with Crippen LogP contribution in [0.2, 0.25) is 0 Å². The van der Waals surface area contributed by atoms with Crippen LogP contribution in [-0.2, 0) is 4.79 Å². The number of benzene rings is 1. The van der Waals surface area contributed by atoms with E-state index >= 15 is 0 Å². The first-order valence-electron chi connectivity index (χ1n) is 6.02. The van der Waals surface area contributed by atoms with Gasteiger partial charge in [0.05, 0.1) is 5.41 Å². The molecule has 0 bridgehead atoms. The van der Waals surface area contributed by atoms with Gasteiger partial charge in [0.15, 0.2) is 0 Å². The molecule has 0 spiro atoms. The number of aliphatic carboxylic acids is 1. The zero-order valence-electron chi connectivity index (χ0n) is 9.97. The lowest BCUT2D eigenvalue weighted by Gasteiger charge is -2.50. The van der Waals surface area contributed by atoms with Crippen molar-refractivity contribution < 1.29 is 15.0 Å². The lowest BCUT2D eigenvalue weighted by Crippen LogP contribution is -2.50. The molecule has 1 saturated carbocycles. The smallest absolute Gasteiger partial charge is 0.310 e. The van der Waals surface area contributed by atoms with Crippen molar-refractivity contribution >= 4 is 5.97 Å². The number of aliphatic hydroxyl groups is 1. The zero-order valence-corrected chi connectivity index (χ0v) is 9.97. The van der Waals surface area contributed by atoms with E-state index in [1.54, 1.807) is 0 Å². The summed E-state index contributed by atoms with van der Waals surface area (Å²) in [6.07, 6.45) is 1.55. The van der Waals surface area contributed by atoms with Crippen LogP contribution >= 0.6 is 0 Å². The van der Waals surface area contributed by atoms with E-state index in [9.17, 15) is 15.0 Å². The number of hydrogen-bond donors (Lipinski definition) is 2. The van der Waals surface area contributed by atoms with Crippen molar-refractivity contribution in [2.24, 2.45) is 11.3 Å². The number of rotatable bonds is 4. The van der Waals surface area contributed by atoms with Gasteiger partial charge >= 0.3 is 5.97 Å². The Labute approximate surface area is 101 Å². The largest absolute Gasteiger partial charge is 0.481 e. The van der Waals surface area contributed by atoms with Gasteiger partial charge in [-0.2, -0.15) is 0 Å². The van der Waals surface area contributed by atoms with Gasteiger partial charge in [0, 0.05) is 12.5 Å². The third-order valence-electron chi connectivity index (χ3n) is 4.22. The summed E-state index contributed by atoms with van der Waals surface area (Å²) in [6, 6.07) is 9.76. The predicted molar refractivity (Wildman–Crippen MR) is 64.7 cm³/mol. The maximum absolute atomic E-state index is 11.6. The maximum atomic E-state index is 11.6. The normalized spacial score (nSPS) is 29.4. The molecule has 1 aliphatic carbocycles. The van der Waals surface area contributed by atoms with E-state index in [4.69, 9.17) is 0 Å². The molecule has 1 fully saturated rings. The highest BCUT2D eigenvalue weighted by molar-refractivity contribution is 5.78. The van der Waals surface area contributed by atoms with Gasteiger partial charge in [-0.25, -0.2) is 0 Å². The molecule has 1 aromatic rings. The molecule has 0 radical (unpaired) electrons. The van der Waals surface area contributed by atoms with E-state index < -0.39 is 11.4 Å². The maximum Gasteiger partial charge on any atom is 0.310 e. The fourth-order valence-electron chi connectivity index (χ4n) is 2.97. The first-order chi connectivity index (χ1) is 8.13. The standard InChI is InChI=1S/C14H18O3/c1-10(9-15)14(13(16)17)8-7-12(14)11-5-3-2-4-6-11/h2-6,10,12,15H,7-9H2,1H3,(H,16,17). The van der Waals surface area contributed by atoms with E-state index in [-0.39, 0.29) is 18.4 Å². The first kappa shape index (κ1) is 12.1. The molecule has 3 heteroatoms. The predicted octanol–water partition coefficient (Wildman–Crippen LogP) is 2.26. The number of aliphatic hydroxyl groups excluding tert-OH is 1. The minimum absolute atomic E-state index is 0.0309. The van der Waals surface area contributed by atoms with Crippen molar-refractivity contribution in [2.75, 3.05) is 6.61 Å². The average molecular weight is 234 g/mol. The van der Waals surface area contributed by atoms with Crippen molar-refractivity contribution in [3.05, 3.63) is 35.9 Å². The minimum atomic E-state index is -0.782. The monoisotopic (exact) mass is 234 g/mol. The van der Waals surface area contributed by atoms with E-state index in [1.807, 2.05) is 37.3 Å². The Morgan fingerprint density at radius 2 is 2.12 bits per heavy atom. The van der Waals surface area contributed by atoms with Gasteiger partial charge in [-0.3, -0.25) is 4.79 Å². The number of hydrogen-bond acceptors (Lipinski definition) is 2. The van der Waals surface area contributed by atoms with Gasteiger partial charge in [0.2, 0.25) is 0 Å². The third-order valence-corrected chi connectivity index (χ3v) is 4.22. The summed E-state index contributed by atoms with van der Waals surface area (Å²) >= 11 is 0. The second-order valence-electron chi connectivity index (χ2n) is 4.93. The highest BCUT2D eigenvalue weighted by atomic mass is 16.4. The summed E-state index contributed by atoms with van der Waals surface area (Å²) in [5.74, 6) is -0.957. The molecule has 1 aromatic carbocycles. The fraction of sp³-hybridized carbons (Fsp3) is 0.500. The number of carboxylic acid groups (broad SMARTS) is 1. The van der Waals surface area contributed by atoms with Crippen molar-refractivity contribution in [1.82, 2.24) is 0 Å². The SMILES string of the molecule is CC(CO)C1(C(=O)O)CCC1c1ccccc1. The van der Waals surface area contributed by atoms with Crippen LogP contribution in [-0.4, -0.2) is 22.8 Å². The molecule has 0 aromatic heterocycles. The van der Waals surface area contributed by atoms with Crippen molar-refractivity contribution in [2.45, 2.75) is 25.7 Å². The lowest BCUT2D eigenvalue weighted by atomic mass is 9.52. The summed E-state index contributed by atoms with van der Waals surface area (Å²) in [5.41, 5.74) is 0.289. The molecule has 0 aliphatic heterocycles. The van der Waals surface area contributed by atoms with E-state index in [1.165, 1.54) is 0 Å². The van der Waals surface area contributed by atoms with Gasteiger partial charge < -0.3 is 10.2 Å². The number of carbonyl (C=O) groups is 1. The van der Waals surface area contributed by atoms with Crippen LogP contribution in [0.4, 0.5) is 0 Å². The summed E-state index contributed by atoms with van der Waals surface area (Å²) in [4.78, 5) is 11.6. The van der Waals surface area contributed by atoms with Crippen molar-refractivity contribution in [3.8, 4) is 0 Å². The van der Waals surface area contributed by atoms with Crippen LogP contribution in [0.5, 0.6) is 0 Å². The molecule has 0 amide bonds. The van der Waals surface area contributed by atoms with Crippen molar-refractivity contribution in [1.29, 1.82) is 0 Å². The van der Waals surface area contributed by atoms with Crippen LogP contribution in [0.3, 0.4) is 0 Å². The molecule has 0 saturated heterocycles. The molecule has 3 atom stereocenters. The second kappa shape index (κ2) is 4.49. The van der Waals surface area contributed by atoms with Gasteiger partial charge in [-0.1, -0.05) is 37.3 Å². The lowest BCUT2D eigenvalue weighted by molar-refractivity contribution is -0.164. The molecule has 17 heavy (non-hydrogen) atoms. The summed E-state index contributed by atoms with van der Waals surface area (Å²) in [5, 5.41) is 18.8. The Bertz CT molecular complexity index is 401. The highest BCUT2D eigenvalue weighted by Crippen LogP contribution is 2.57. The Morgan fingerprint density at radius 3 is 2.53 bits per heavy atom. The molecular formula is C14H18O3. The first-order valence-corrected chi connectivity index (χ1v) is 6.02. The summed E-state index contributed by atoms with van der Waals surface area (Å²) in [7, 11) is 0. The van der Waals surface area contributed by atoms with E-state index in [2.05, 4.69) is 0 Å². The summed E-state index contributed by atoms with van der Waals surface area (Å²) < 4.78 is 0. The zero-order chi connectivity index (χ0) is 12.5. The molecule has 0 heterocycles. The minimum Gasteiger partial charge on any atom is -0.481 e. The fourth-order valence-corrected chi connectivity index (χ4v) is 2.97. The molecule has 2 N–H and O–H groups in total. The van der Waals surface area contributed by atoms with Crippen LogP contribution in [0.1, 0.15) is 31.2 Å². The van der Waals surface area contributed by atoms with Gasteiger partial charge in [0.1, 0.15) is 0 Å². The molecule has 1 aliphatic rings. The van der Waals surface area contributed by atoms with Crippen LogP contribution in [0.15, 0.2) is 30.3 Å². The molecule has 2 rings (SSSR count). The highest BCUT2D eigenvalue weighted by Gasteiger charge is 2.56. The molecular weight excluding hydrogens is 216 g/mol. The molecule has 3 nitrogen and oxygen atoms in total. The van der Waals surface area contributed by atoms with E-state index in [0.29, 0.717) is 6.42 Å². The average Bonchev–Trinajstić information content (AvgIpc) is 2.29. The van der Waals surface area contributed by atoms with Crippen LogP contribution in [0, 0.1) is 11.3 Å². The third kappa shape index (κ3) is 1.75. The molecule has 3 unspecified atom stereocenters. The number of carboxylic acids is 1. The Balaban J connectivity index is 2.34. The Kier molecular flexibility index (Phi) is 3.20. The second-order valence-corrected chi connectivity index (χ2v) is 4.93. The Morgan fingerprint density at radius 1 is 1.47 bits per heavy atom.